The van der Waals surface area contributed by atoms with E-state index >= 15 is 0 Å². The molecule has 0 aliphatic heterocycles. The lowest BCUT2D eigenvalue weighted by molar-refractivity contribution is 0.319. The number of phenolic OH excluding ortho intramolecular Hbond substituents is 1. The lowest BCUT2D eigenvalue weighted by Crippen LogP contribution is -2.18. The Labute approximate surface area is 169 Å². The molecule has 0 atom stereocenters. The molecule has 0 unspecified atom stereocenters. The first kappa shape index (κ1) is 19.9. The van der Waals surface area contributed by atoms with Crippen LogP contribution in [0, 0.1) is 0 Å². The van der Waals surface area contributed by atoms with Gasteiger partial charge in [-0.3, -0.25) is 4.90 Å². The fraction of sp³-hybridized carbons (Fsp3) is 0.238. The predicted molar refractivity (Wildman–Crippen MR) is 114 cm³/mol. The Morgan fingerprint density at radius 2 is 2.11 bits per heavy atom. The summed E-state index contributed by atoms with van der Waals surface area (Å²) in [6, 6.07) is 9.02. The molecule has 0 saturated heterocycles. The first-order valence-corrected chi connectivity index (χ1v) is 9.35. The van der Waals surface area contributed by atoms with Gasteiger partial charge in [-0.05, 0) is 37.7 Å². The minimum Gasteiger partial charge on any atom is -0.504 e. The van der Waals surface area contributed by atoms with Gasteiger partial charge in [-0.2, -0.15) is 0 Å². The highest BCUT2D eigenvalue weighted by atomic mass is 35.5. The highest BCUT2D eigenvalue weighted by Gasteiger charge is 2.13. The zero-order chi connectivity index (χ0) is 20.1. The molecule has 0 radical (unpaired) electrons. The van der Waals surface area contributed by atoms with Crippen LogP contribution in [0.1, 0.15) is 12.5 Å². The number of hydrogen-bond donors (Lipinski definition) is 2. The molecule has 2 aromatic carbocycles. The second kappa shape index (κ2) is 8.91. The standard InChI is InChI=1S/C21H23ClN4O2/c1-4-8-26(3)12-14-6-7-15(22)9-17(14)25-21-16-10-19(27)20(28-5-2)11-18(16)23-13-24-21/h4,6-7,9-11,13,27H,1,5,8,12H2,2-3H3,(H,23,24,25). The molecule has 6 nitrogen and oxygen atoms in total. The van der Waals surface area contributed by atoms with Crippen molar-refractivity contribution >= 4 is 34.0 Å². The van der Waals surface area contributed by atoms with Crippen LogP contribution in [0.25, 0.3) is 10.9 Å². The Hall–Kier alpha value is -2.83. The van der Waals surface area contributed by atoms with Crippen LogP contribution in [0.15, 0.2) is 49.3 Å². The van der Waals surface area contributed by atoms with Crippen molar-refractivity contribution in [2.45, 2.75) is 13.5 Å². The normalized spacial score (nSPS) is 11.0. The van der Waals surface area contributed by atoms with Gasteiger partial charge in [0.2, 0.25) is 0 Å². The number of anilines is 2. The largest absolute Gasteiger partial charge is 0.504 e. The monoisotopic (exact) mass is 398 g/mol. The van der Waals surface area contributed by atoms with E-state index in [9.17, 15) is 5.11 Å². The number of rotatable bonds is 8. The summed E-state index contributed by atoms with van der Waals surface area (Å²) in [6.07, 6.45) is 3.34. The molecular formula is C21H23ClN4O2. The quantitative estimate of drug-likeness (QED) is 0.533. The first-order chi connectivity index (χ1) is 13.5. The molecule has 1 aromatic heterocycles. The molecule has 0 fully saturated rings. The minimum atomic E-state index is 0.0456. The van der Waals surface area contributed by atoms with E-state index in [-0.39, 0.29) is 5.75 Å². The van der Waals surface area contributed by atoms with Crippen LogP contribution in [0.4, 0.5) is 11.5 Å². The van der Waals surface area contributed by atoms with Gasteiger partial charge in [0.05, 0.1) is 12.1 Å². The van der Waals surface area contributed by atoms with Crippen molar-refractivity contribution < 1.29 is 9.84 Å². The number of aromatic nitrogens is 2. The summed E-state index contributed by atoms with van der Waals surface area (Å²) in [5, 5.41) is 14.9. The number of fused-ring (bicyclic) bond motifs is 1. The maximum Gasteiger partial charge on any atom is 0.163 e. The Bertz CT molecular complexity index is 994. The number of aromatic hydroxyl groups is 1. The van der Waals surface area contributed by atoms with Crippen molar-refractivity contribution in [1.82, 2.24) is 14.9 Å². The number of nitrogens with zero attached hydrogens (tertiary/aromatic N) is 3. The molecule has 0 aliphatic carbocycles. The fourth-order valence-electron chi connectivity index (χ4n) is 2.95. The van der Waals surface area contributed by atoms with Gasteiger partial charge in [-0.1, -0.05) is 23.7 Å². The number of likely N-dealkylation sites (N-methyl/N-ethyl adjacent to an activating group) is 1. The molecule has 28 heavy (non-hydrogen) atoms. The third-order valence-electron chi connectivity index (χ3n) is 4.22. The van der Waals surface area contributed by atoms with Gasteiger partial charge in [0.1, 0.15) is 12.1 Å². The van der Waals surface area contributed by atoms with Crippen LogP contribution < -0.4 is 10.1 Å². The fourth-order valence-corrected chi connectivity index (χ4v) is 3.12. The van der Waals surface area contributed by atoms with Gasteiger partial charge in [-0.15, -0.1) is 6.58 Å². The van der Waals surface area contributed by atoms with Gasteiger partial charge in [-0.25, -0.2) is 9.97 Å². The number of benzene rings is 2. The van der Waals surface area contributed by atoms with E-state index in [4.69, 9.17) is 16.3 Å². The van der Waals surface area contributed by atoms with E-state index in [2.05, 4.69) is 26.8 Å². The number of ether oxygens (including phenoxy) is 1. The molecule has 3 rings (SSSR count). The number of phenols is 1. The summed E-state index contributed by atoms with van der Waals surface area (Å²) < 4.78 is 5.44. The van der Waals surface area contributed by atoms with E-state index in [1.54, 1.807) is 12.1 Å². The topological polar surface area (TPSA) is 70.5 Å². The Kier molecular flexibility index (Phi) is 6.34. The van der Waals surface area contributed by atoms with Gasteiger partial charge >= 0.3 is 0 Å². The van der Waals surface area contributed by atoms with E-state index in [0.29, 0.717) is 40.6 Å². The maximum atomic E-state index is 10.3. The summed E-state index contributed by atoms with van der Waals surface area (Å²) in [5.74, 6) is 1.02. The second-order valence-corrected chi connectivity index (χ2v) is 6.84. The molecule has 2 N–H and O–H groups in total. The van der Waals surface area contributed by atoms with E-state index < -0.39 is 0 Å². The molecule has 0 amide bonds. The molecule has 146 valence electrons. The lowest BCUT2D eigenvalue weighted by atomic mass is 10.1. The molecule has 0 spiro atoms. The Morgan fingerprint density at radius 3 is 2.86 bits per heavy atom. The summed E-state index contributed by atoms with van der Waals surface area (Å²) in [6.45, 7) is 7.59. The predicted octanol–water partition coefficient (Wildman–Crippen LogP) is 4.75. The average Bonchev–Trinajstić information content (AvgIpc) is 2.65. The smallest absolute Gasteiger partial charge is 0.163 e. The van der Waals surface area contributed by atoms with Crippen molar-refractivity contribution in [3.63, 3.8) is 0 Å². The Morgan fingerprint density at radius 1 is 1.29 bits per heavy atom. The van der Waals surface area contributed by atoms with Crippen molar-refractivity contribution in [3.8, 4) is 11.5 Å². The highest BCUT2D eigenvalue weighted by molar-refractivity contribution is 6.30. The number of hydrogen-bond acceptors (Lipinski definition) is 6. The van der Waals surface area contributed by atoms with Crippen LogP contribution in [0.2, 0.25) is 5.02 Å². The molecule has 3 aromatic rings. The van der Waals surface area contributed by atoms with E-state index in [0.717, 1.165) is 17.8 Å². The van der Waals surface area contributed by atoms with Gasteiger partial charge in [0.25, 0.3) is 0 Å². The zero-order valence-electron chi connectivity index (χ0n) is 15.9. The van der Waals surface area contributed by atoms with Crippen LogP contribution in [0.3, 0.4) is 0 Å². The zero-order valence-corrected chi connectivity index (χ0v) is 16.7. The third-order valence-corrected chi connectivity index (χ3v) is 4.46. The molecular weight excluding hydrogens is 376 g/mol. The van der Waals surface area contributed by atoms with Crippen molar-refractivity contribution in [2.24, 2.45) is 0 Å². The average molecular weight is 399 g/mol. The summed E-state index contributed by atoms with van der Waals surface area (Å²) >= 11 is 6.22. The minimum absolute atomic E-state index is 0.0456. The van der Waals surface area contributed by atoms with Gasteiger partial charge in [0, 0.05) is 35.3 Å². The van der Waals surface area contributed by atoms with Crippen molar-refractivity contribution in [2.75, 3.05) is 25.5 Å². The number of halogens is 1. The maximum absolute atomic E-state index is 10.3. The van der Waals surface area contributed by atoms with Crippen molar-refractivity contribution in [3.05, 3.63) is 59.9 Å². The molecule has 0 bridgehead atoms. The SMILES string of the molecule is C=CCN(C)Cc1ccc(Cl)cc1Nc1ncnc2cc(OCC)c(O)cc12. The summed E-state index contributed by atoms with van der Waals surface area (Å²) in [4.78, 5) is 10.8. The number of nitrogens with one attached hydrogen (secondary N) is 1. The molecule has 0 aliphatic rings. The van der Waals surface area contributed by atoms with Crippen LogP contribution >= 0.6 is 11.6 Å². The molecule has 0 saturated carbocycles. The first-order valence-electron chi connectivity index (χ1n) is 8.97. The van der Waals surface area contributed by atoms with Gasteiger partial charge < -0.3 is 15.2 Å². The van der Waals surface area contributed by atoms with Crippen molar-refractivity contribution in [1.29, 1.82) is 0 Å². The highest BCUT2D eigenvalue weighted by Crippen LogP contribution is 2.34. The summed E-state index contributed by atoms with van der Waals surface area (Å²) in [5.41, 5.74) is 2.58. The second-order valence-electron chi connectivity index (χ2n) is 6.40. The van der Waals surface area contributed by atoms with Crippen LogP contribution in [-0.4, -0.2) is 40.2 Å². The van der Waals surface area contributed by atoms with Gasteiger partial charge in [0.15, 0.2) is 11.5 Å². The third kappa shape index (κ3) is 4.52. The lowest BCUT2D eigenvalue weighted by Gasteiger charge is -2.18. The summed E-state index contributed by atoms with van der Waals surface area (Å²) in [7, 11) is 2.02. The Balaban J connectivity index is 1.99. The van der Waals surface area contributed by atoms with Crippen LogP contribution in [-0.2, 0) is 6.54 Å². The molecule has 7 heteroatoms. The van der Waals surface area contributed by atoms with E-state index in [1.807, 2.05) is 38.2 Å². The van der Waals surface area contributed by atoms with Crippen LogP contribution in [0.5, 0.6) is 11.5 Å². The van der Waals surface area contributed by atoms with E-state index in [1.165, 1.54) is 6.33 Å². The molecule has 1 heterocycles.